The van der Waals surface area contributed by atoms with Gasteiger partial charge in [0.1, 0.15) is 4.32 Å². The molecule has 0 bridgehead atoms. The monoisotopic (exact) mass is 496 g/mol. The molecule has 3 rings (SSSR count). The first-order valence-electron chi connectivity index (χ1n) is 9.46. The lowest BCUT2D eigenvalue weighted by atomic mass is 10.1. The number of benzene rings is 1. The summed E-state index contributed by atoms with van der Waals surface area (Å²) in [7, 11) is 0. The Morgan fingerprint density at radius 3 is 2.55 bits per heavy atom. The molecule has 0 radical (unpaired) electrons. The first-order chi connectivity index (χ1) is 13.8. The maximum Gasteiger partial charge on any atom is 0.303 e. The molecule has 1 saturated heterocycles. The third kappa shape index (κ3) is 4.57. The van der Waals surface area contributed by atoms with Crippen molar-refractivity contribution in [1.29, 1.82) is 0 Å². The molecule has 1 aromatic carbocycles. The van der Waals surface area contributed by atoms with E-state index >= 15 is 0 Å². The molecule has 0 aromatic heterocycles. The maximum atomic E-state index is 13.3. The van der Waals surface area contributed by atoms with Crippen LogP contribution >= 0.6 is 39.9 Å². The van der Waals surface area contributed by atoms with Gasteiger partial charge in [-0.2, -0.15) is 0 Å². The summed E-state index contributed by atoms with van der Waals surface area (Å²) in [5.41, 5.74) is 1.92. The number of anilines is 1. The molecule has 6 nitrogen and oxygen atoms in total. The lowest BCUT2D eigenvalue weighted by Crippen LogP contribution is -2.30. The van der Waals surface area contributed by atoms with Crippen molar-refractivity contribution in [3.05, 3.63) is 33.1 Å². The zero-order valence-electron chi connectivity index (χ0n) is 15.9. The van der Waals surface area contributed by atoms with Gasteiger partial charge in [0.15, 0.2) is 0 Å². The normalized spacial score (nSPS) is 18.8. The van der Waals surface area contributed by atoms with E-state index in [0.29, 0.717) is 27.8 Å². The van der Waals surface area contributed by atoms with Crippen molar-refractivity contribution in [2.75, 3.05) is 18.0 Å². The van der Waals surface area contributed by atoms with Crippen LogP contribution in [0, 0.1) is 0 Å². The molecule has 0 saturated carbocycles. The summed E-state index contributed by atoms with van der Waals surface area (Å²) in [6.07, 6.45) is 3.24. The van der Waals surface area contributed by atoms with Crippen molar-refractivity contribution < 1.29 is 19.5 Å². The molecule has 29 heavy (non-hydrogen) atoms. The minimum absolute atomic E-state index is 0.0388. The molecule has 0 atom stereocenters. The molecule has 1 fully saturated rings. The van der Waals surface area contributed by atoms with Crippen LogP contribution in [0.4, 0.5) is 5.69 Å². The smallest absolute Gasteiger partial charge is 0.303 e. The molecule has 1 aromatic rings. The third-order valence-corrected chi connectivity index (χ3v) is 6.75. The quantitative estimate of drug-likeness (QED) is 0.326. The molecule has 0 spiro atoms. The van der Waals surface area contributed by atoms with Gasteiger partial charge >= 0.3 is 5.97 Å². The number of hydrogen-bond acceptors (Lipinski definition) is 5. The van der Waals surface area contributed by atoms with Crippen molar-refractivity contribution in [2.24, 2.45) is 0 Å². The molecule has 0 unspecified atom stereocenters. The highest BCUT2D eigenvalue weighted by atomic mass is 79.9. The molecule has 9 heteroatoms. The second-order valence-electron chi connectivity index (χ2n) is 6.85. The number of carboxylic acid groups (broad SMARTS) is 1. The fraction of sp³-hybridized carbons (Fsp3) is 0.400. The second kappa shape index (κ2) is 9.40. The predicted octanol–water partition coefficient (Wildman–Crippen LogP) is 4.42. The highest BCUT2D eigenvalue weighted by Crippen LogP contribution is 2.45. The van der Waals surface area contributed by atoms with Crippen LogP contribution in [0.5, 0.6) is 0 Å². The van der Waals surface area contributed by atoms with E-state index in [1.807, 2.05) is 18.2 Å². The van der Waals surface area contributed by atoms with Crippen LogP contribution in [-0.4, -0.2) is 45.2 Å². The molecular weight excluding hydrogens is 476 g/mol. The average molecular weight is 497 g/mol. The molecule has 154 valence electrons. The summed E-state index contributed by atoms with van der Waals surface area (Å²) in [6, 6.07) is 5.64. The number of hydrogen-bond donors (Lipinski definition) is 1. The summed E-state index contributed by atoms with van der Waals surface area (Å²) in [4.78, 5) is 40.5. The van der Waals surface area contributed by atoms with Crippen molar-refractivity contribution in [3.8, 4) is 0 Å². The van der Waals surface area contributed by atoms with E-state index in [0.717, 1.165) is 46.7 Å². The third-order valence-electron chi connectivity index (χ3n) is 4.81. The first kappa shape index (κ1) is 22.0. The Kier molecular flexibility index (Phi) is 7.13. The second-order valence-corrected chi connectivity index (χ2v) is 9.41. The van der Waals surface area contributed by atoms with Crippen LogP contribution in [0.2, 0.25) is 0 Å². The highest BCUT2D eigenvalue weighted by molar-refractivity contribution is 9.10. The van der Waals surface area contributed by atoms with E-state index in [9.17, 15) is 14.4 Å². The number of nitrogens with zero attached hydrogens (tertiary/aromatic N) is 2. The zero-order chi connectivity index (χ0) is 21.1. The number of thiocarbonyl (C=S) groups is 1. The van der Waals surface area contributed by atoms with Crippen LogP contribution in [0.3, 0.4) is 0 Å². The Hall–Kier alpha value is -1.71. The molecule has 0 aliphatic carbocycles. The topological polar surface area (TPSA) is 77.9 Å². The SMILES string of the molecule is CCCCCN1C(=O)/C(=C2\SC(=S)N(CCCC(=O)O)C2=O)c2cc(Br)ccc21. The van der Waals surface area contributed by atoms with E-state index in [-0.39, 0.29) is 24.8 Å². The Bertz CT molecular complexity index is 916. The molecule has 2 amide bonds. The Labute approximate surface area is 187 Å². The van der Waals surface area contributed by atoms with Gasteiger partial charge in [-0.1, -0.05) is 59.7 Å². The van der Waals surface area contributed by atoms with Gasteiger partial charge in [-0.3, -0.25) is 19.3 Å². The Morgan fingerprint density at radius 1 is 1.14 bits per heavy atom. The molecule has 2 heterocycles. The lowest BCUT2D eigenvalue weighted by molar-refractivity contribution is -0.137. The predicted molar refractivity (Wildman–Crippen MR) is 122 cm³/mol. The van der Waals surface area contributed by atoms with Gasteiger partial charge in [0, 0.05) is 29.5 Å². The standard InChI is InChI=1S/C20H21BrN2O4S2/c1-2-3-4-9-22-14-8-7-12(21)11-13(14)16(18(22)26)17-19(27)23(20(28)29-17)10-5-6-15(24)25/h7-8,11H,2-6,9-10H2,1H3,(H,24,25)/b17-16-. The van der Waals surface area contributed by atoms with Crippen LogP contribution < -0.4 is 4.90 Å². The summed E-state index contributed by atoms with van der Waals surface area (Å²) < 4.78 is 1.19. The number of carbonyl (C=O) groups excluding carboxylic acids is 2. The van der Waals surface area contributed by atoms with Gasteiger partial charge in [0.2, 0.25) is 0 Å². The van der Waals surface area contributed by atoms with Gasteiger partial charge in [0.05, 0.1) is 16.2 Å². The minimum atomic E-state index is -0.915. The lowest BCUT2D eigenvalue weighted by Gasteiger charge is -2.16. The van der Waals surface area contributed by atoms with E-state index in [1.165, 1.54) is 4.90 Å². The Morgan fingerprint density at radius 2 is 1.86 bits per heavy atom. The van der Waals surface area contributed by atoms with E-state index in [1.54, 1.807) is 4.90 Å². The number of rotatable bonds is 8. The molecule has 2 aliphatic rings. The van der Waals surface area contributed by atoms with Crippen molar-refractivity contribution >= 4 is 73.3 Å². The van der Waals surface area contributed by atoms with Gasteiger partial charge in [-0.15, -0.1) is 0 Å². The summed E-state index contributed by atoms with van der Waals surface area (Å²) in [5.74, 6) is -1.42. The fourth-order valence-corrected chi connectivity index (χ4v) is 5.14. The number of thioether (sulfide) groups is 1. The van der Waals surface area contributed by atoms with Crippen molar-refractivity contribution in [1.82, 2.24) is 4.90 Å². The number of carboxylic acids is 1. The minimum Gasteiger partial charge on any atom is -0.481 e. The fourth-order valence-electron chi connectivity index (χ4n) is 3.40. The number of amides is 2. The van der Waals surface area contributed by atoms with Gasteiger partial charge in [0.25, 0.3) is 11.8 Å². The Balaban J connectivity index is 1.94. The molecule has 2 aliphatic heterocycles. The average Bonchev–Trinajstić information content (AvgIpc) is 3.09. The zero-order valence-corrected chi connectivity index (χ0v) is 19.2. The van der Waals surface area contributed by atoms with E-state index in [2.05, 4.69) is 22.9 Å². The van der Waals surface area contributed by atoms with Gasteiger partial charge in [-0.05, 0) is 31.0 Å². The summed E-state index contributed by atoms with van der Waals surface area (Å²) >= 11 is 9.91. The number of halogens is 1. The largest absolute Gasteiger partial charge is 0.481 e. The highest BCUT2D eigenvalue weighted by Gasteiger charge is 2.41. The molecular formula is C20H21BrN2O4S2. The summed E-state index contributed by atoms with van der Waals surface area (Å²) in [6.45, 7) is 2.94. The number of aliphatic carboxylic acids is 1. The number of unbranched alkanes of at least 4 members (excludes halogenated alkanes) is 2. The van der Waals surface area contributed by atoms with E-state index < -0.39 is 5.97 Å². The van der Waals surface area contributed by atoms with E-state index in [4.69, 9.17) is 17.3 Å². The number of fused-ring (bicyclic) bond motifs is 1. The van der Waals surface area contributed by atoms with Crippen molar-refractivity contribution in [2.45, 2.75) is 39.0 Å². The van der Waals surface area contributed by atoms with Crippen LogP contribution in [0.1, 0.15) is 44.6 Å². The maximum absolute atomic E-state index is 13.3. The van der Waals surface area contributed by atoms with Gasteiger partial charge in [-0.25, -0.2) is 0 Å². The first-order valence-corrected chi connectivity index (χ1v) is 11.5. The van der Waals surface area contributed by atoms with Crippen LogP contribution in [0.15, 0.2) is 27.6 Å². The van der Waals surface area contributed by atoms with Crippen LogP contribution in [-0.2, 0) is 14.4 Å². The summed E-state index contributed by atoms with van der Waals surface area (Å²) in [5, 5.41) is 8.83. The number of carbonyl (C=O) groups is 3. The van der Waals surface area contributed by atoms with Gasteiger partial charge < -0.3 is 10.0 Å². The van der Waals surface area contributed by atoms with Crippen LogP contribution in [0.25, 0.3) is 5.57 Å². The molecule has 1 N–H and O–H groups in total. The van der Waals surface area contributed by atoms with Crippen molar-refractivity contribution in [3.63, 3.8) is 0 Å².